The van der Waals surface area contributed by atoms with Gasteiger partial charge in [0, 0.05) is 11.2 Å². The number of hydrogen-bond donors (Lipinski definition) is 1. The standard InChI is InChI=1S/C15H21BFNO3S/c1-14(2)15(3,4)21-16(20-14)11-8-10(17)6-7-12(11)18-13(19)9-22-5/h6-8H,9H2,1-5H3,(H,18,19). The molecule has 120 valence electrons. The average molecular weight is 325 g/mol. The number of carbonyl (C=O) groups is 1. The summed E-state index contributed by atoms with van der Waals surface area (Å²) in [5.41, 5.74) is -0.0400. The monoisotopic (exact) mass is 325 g/mol. The van der Waals surface area contributed by atoms with Crippen LogP contribution in [0.1, 0.15) is 27.7 Å². The van der Waals surface area contributed by atoms with Crippen molar-refractivity contribution in [2.24, 2.45) is 0 Å². The maximum Gasteiger partial charge on any atom is 0.497 e. The summed E-state index contributed by atoms with van der Waals surface area (Å²) < 4.78 is 25.5. The van der Waals surface area contributed by atoms with E-state index >= 15 is 0 Å². The Labute approximate surface area is 135 Å². The van der Waals surface area contributed by atoms with Crippen LogP contribution in [0.2, 0.25) is 0 Å². The van der Waals surface area contributed by atoms with E-state index in [1.54, 1.807) is 0 Å². The van der Waals surface area contributed by atoms with Crippen LogP contribution in [0.25, 0.3) is 0 Å². The average Bonchev–Trinajstić information content (AvgIpc) is 2.61. The van der Waals surface area contributed by atoms with Crippen molar-refractivity contribution in [2.45, 2.75) is 38.9 Å². The van der Waals surface area contributed by atoms with Crippen LogP contribution in [-0.2, 0) is 14.1 Å². The smallest absolute Gasteiger partial charge is 0.399 e. The first-order valence-electron chi connectivity index (χ1n) is 7.10. The highest BCUT2D eigenvalue weighted by atomic mass is 32.2. The van der Waals surface area contributed by atoms with Crippen molar-refractivity contribution < 1.29 is 18.5 Å². The molecule has 1 fully saturated rings. The predicted molar refractivity (Wildman–Crippen MR) is 89.1 cm³/mol. The van der Waals surface area contributed by atoms with E-state index in [-0.39, 0.29) is 5.91 Å². The third-order valence-electron chi connectivity index (χ3n) is 4.07. The molecule has 4 nitrogen and oxygen atoms in total. The first-order chi connectivity index (χ1) is 10.2. The van der Waals surface area contributed by atoms with E-state index in [9.17, 15) is 9.18 Å². The normalized spacial score (nSPS) is 19.3. The van der Waals surface area contributed by atoms with Gasteiger partial charge in [-0.15, -0.1) is 0 Å². The molecule has 0 bridgehead atoms. The lowest BCUT2D eigenvalue weighted by Crippen LogP contribution is -2.41. The van der Waals surface area contributed by atoms with Crippen molar-refractivity contribution in [3.63, 3.8) is 0 Å². The van der Waals surface area contributed by atoms with Crippen LogP contribution in [0.4, 0.5) is 10.1 Å². The lowest BCUT2D eigenvalue weighted by Gasteiger charge is -2.32. The zero-order valence-corrected chi connectivity index (χ0v) is 14.3. The van der Waals surface area contributed by atoms with Crippen LogP contribution in [0.3, 0.4) is 0 Å². The number of carbonyl (C=O) groups excluding carboxylic acids is 1. The van der Waals surface area contributed by atoms with E-state index in [4.69, 9.17) is 9.31 Å². The van der Waals surface area contributed by atoms with Gasteiger partial charge in [-0.1, -0.05) is 0 Å². The van der Waals surface area contributed by atoms with Gasteiger partial charge < -0.3 is 14.6 Å². The van der Waals surface area contributed by atoms with Crippen LogP contribution in [0, 0.1) is 5.82 Å². The highest BCUT2D eigenvalue weighted by molar-refractivity contribution is 7.99. The molecule has 1 aromatic carbocycles. The Bertz CT molecular complexity index is 564. The maximum atomic E-state index is 13.6. The first kappa shape index (κ1) is 17.3. The number of halogens is 1. The van der Waals surface area contributed by atoms with Gasteiger partial charge in [0.05, 0.1) is 17.0 Å². The fraction of sp³-hybridized carbons (Fsp3) is 0.533. The lowest BCUT2D eigenvalue weighted by atomic mass is 9.77. The van der Waals surface area contributed by atoms with Crippen molar-refractivity contribution in [3.8, 4) is 0 Å². The Morgan fingerprint density at radius 2 is 1.86 bits per heavy atom. The molecule has 0 aromatic heterocycles. The molecule has 1 amide bonds. The summed E-state index contributed by atoms with van der Waals surface area (Å²) in [6, 6.07) is 4.19. The van der Waals surface area contributed by atoms with E-state index in [1.165, 1.54) is 30.0 Å². The summed E-state index contributed by atoms with van der Waals surface area (Å²) in [6.45, 7) is 7.72. The maximum absolute atomic E-state index is 13.6. The molecule has 7 heteroatoms. The fourth-order valence-corrected chi connectivity index (χ4v) is 2.46. The van der Waals surface area contributed by atoms with Crippen LogP contribution < -0.4 is 10.8 Å². The second-order valence-electron chi connectivity index (χ2n) is 6.30. The number of benzene rings is 1. The zero-order chi connectivity index (χ0) is 16.5. The first-order valence-corrected chi connectivity index (χ1v) is 8.49. The molecule has 0 atom stereocenters. The molecule has 1 aliphatic heterocycles. The molecule has 22 heavy (non-hydrogen) atoms. The van der Waals surface area contributed by atoms with E-state index < -0.39 is 24.1 Å². The van der Waals surface area contributed by atoms with Crippen molar-refractivity contribution >= 4 is 35.9 Å². The number of nitrogens with one attached hydrogen (secondary N) is 1. The molecule has 1 N–H and O–H groups in total. The van der Waals surface area contributed by atoms with E-state index in [0.717, 1.165) is 0 Å². The third kappa shape index (κ3) is 3.47. The second-order valence-corrected chi connectivity index (χ2v) is 7.17. The molecule has 1 saturated heterocycles. The number of anilines is 1. The molecule has 0 saturated carbocycles. The molecule has 0 radical (unpaired) electrons. The Morgan fingerprint density at radius 1 is 1.27 bits per heavy atom. The lowest BCUT2D eigenvalue weighted by molar-refractivity contribution is -0.113. The van der Waals surface area contributed by atoms with Gasteiger partial charge in [0.15, 0.2) is 0 Å². The Balaban J connectivity index is 2.31. The van der Waals surface area contributed by atoms with Crippen LogP contribution >= 0.6 is 11.8 Å². The van der Waals surface area contributed by atoms with Gasteiger partial charge in [0.25, 0.3) is 0 Å². The Hall–Kier alpha value is -1.05. The van der Waals surface area contributed by atoms with Crippen LogP contribution in [0.5, 0.6) is 0 Å². The fourth-order valence-electron chi connectivity index (χ4n) is 2.13. The number of hydrogen-bond acceptors (Lipinski definition) is 4. The highest BCUT2D eigenvalue weighted by Gasteiger charge is 2.52. The largest absolute Gasteiger partial charge is 0.497 e. The minimum absolute atomic E-state index is 0.142. The molecular weight excluding hydrogens is 304 g/mol. The van der Waals surface area contributed by atoms with Gasteiger partial charge in [0.2, 0.25) is 5.91 Å². The molecule has 1 heterocycles. The molecule has 1 aromatic rings. The summed E-state index contributed by atoms with van der Waals surface area (Å²) in [4.78, 5) is 11.8. The SMILES string of the molecule is CSCC(=O)Nc1ccc(F)cc1B1OC(C)(C)C(C)(C)O1. The molecule has 0 spiro atoms. The van der Waals surface area contributed by atoms with Crippen molar-refractivity contribution in [1.29, 1.82) is 0 Å². The van der Waals surface area contributed by atoms with Crippen molar-refractivity contribution in [1.82, 2.24) is 0 Å². The van der Waals surface area contributed by atoms with Gasteiger partial charge in [-0.3, -0.25) is 4.79 Å². The molecular formula is C15H21BFNO3S. The van der Waals surface area contributed by atoms with Gasteiger partial charge >= 0.3 is 7.12 Å². The van der Waals surface area contributed by atoms with Crippen LogP contribution in [0.15, 0.2) is 18.2 Å². The van der Waals surface area contributed by atoms with Gasteiger partial charge in [-0.05, 0) is 52.1 Å². The summed E-state index contributed by atoms with van der Waals surface area (Å²) in [7, 11) is -0.717. The van der Waals surface area contributed by atoms with Crippen molar-refractivity contribution in [3.05, 3.63) is 24.0 Å². The number of rotatable bonds is 4. The molecule has 1 aliphatic rings. The topological polar surface area (TPSA) is 47.6 Å². The van der Waals surface area contributed by atoms with E-state index in [2.05, 4.69) is 5.32 Å². The minimum Gasteiger partial charge on any atom is -0.399 e. The Morgan fingerprint density at radius 3 is 2.41 bits per heavy atom. The van der Waals surface area contributed by atoms with Gasteiger partial charge in [-0.25, -0.2) is 4.39 Å². The summed E-state index contributed by atoms with van der Waals surface area (Å²) in [5, 5.41) is 2.78. The van der Waals surface area contributed by atoms with Gasteiger partial charge in [-0.2, -0.15) is 11.8 Å². The van der Waals surface area contributed by atoms with Gasteiger partial charge in [0.1, 0.15) is 5.82 Å². The summed E-state index contributed by atoms with van der Waals surface area (Å²) >= 11 is 1.42. The predicted octanol–water partition coefficient (Wildman–Crippen LogP) is 2.43. The molecule has 0 unspecified atom stereocenters. The second kappa shape index (κ2) is 6.22. The summed E-state index contributed by atoms with van der Waals surface area (Å²) in [5.74, 6) is -0.204. The van der Waals surface area contributed by atoms with E-state index in [1.807, 2.05) is 34.0 Å². The van der Waals surface area contributed by atoms with Crippen LogP contribution in [-0.4, -0.2) is 36.2 Å². The zero-order valence-electron chi connectivity index (χ0n) is 13.5. The summed E-state index contributed by atoms with van der Waals surface area (Å²) in [6.07, 6.45) is 1.85. The molecule has 0 aliphatic carbocycles. The highest BCUT2D eigenvalue weighted by Crippen LogP contribution is 2.37. The third-order valence-corrected chi connectivity index (χ3v) is 4.62. The minimum atomic E-state index is -0.717. The number of thioether (sulfide) groups is 1. The molecule has 2 rings (SSSR count). The quantitative estimate of drug-likeness (QED) is 0.864. The van der Waals surface area contributed by atoms with E-state index in [0.29, 0.717) is 16.9 Å². The Kier molecular flexibility index (Phi) is 4.89. The van der Waals surface area contributed by atoms with Crippen molar-refractivity contribution in [2.75, 3.05) is 17.3 Å². The number of amides is 1.